The number of hydrogen-bond donors (Lipinski definition) is 0. The first-order valence-corrected chi connectivity index (χ1v) is 14.0. The Kier molecular flexibility index (Phi) is 4.76. The number of ether oxygens (including phenoxy) is 2. The number of nitrogens with zero attached hydrogens (tertiary/aromatic N) is 2. The highest BCUT2D eigenvalue weighted by Crippen LogP contribution is 2.41. The summed E-state index contributed by atoms with van der Waals surface area (Å²) in [6.45, 7) is 0.244. The van der Waals surface area contributed by atoms with Crippen molar-refractivity contribution in [2.45, 2.75) is 12.8 Å². The van der Waals surface area contributed by atoms with Gasteiger partial charge in [-0.05, 0) is 93.7 Å². The van der Waals surface area contributed by atoms with Crippen LogP contribution < -0.4 is 9.47 Å². The molecule has 0 saturated carbocycles. The van der Waals surface area contributed by atoms with E-state index in [2.05, 4.69) is 91.0 Å². The summed E-state index contributed by atoms with van der Waals surface area (Å²) in [5, 5.41) is 0. The normalized spacial score (nSPS) is 13.5. The molecule has 0 N–H and O–H groups in total. The zero-order chi connectivity index (χ0) is 26.9. The monoisotopic (exact) mass is 528 g/mol. The van der Waals surface area contributed by atoms with Gasteiger partial charge in [-0.2, -0.15) is 0 Å². The summed E-state index contributed by atoms with van der Waals surface area (Å²) in [6, 6.07) is 38.8. The molecule has 0 saturated heterocycles. The van der Waals surface area contributed by atoms with E-state index in [9.17, 15) is 0 Å². The summed E-state index contributed by atoms with van der Waals surface area (Å²) in [7, 11) is 0. The van der Waals surface area contributed by atoms with Crippen LogP contribution in [0.15, 0.2) is 109 Å². The molecule has 0 bridgehead atoms. The van der Waals surface area contributed by atoms with Crippen molar-refractivity contribution >= 4 is 0 Å². The van der Waals surface area contributed by atoms with Crippen LogP contribution >= 0.6 is 0 Å². The van der Waals surface area contributed by atoms with E-state index in [4.69, 9.17) is 19.4 Å². The molecule has 5 aromatic carbocycles. The van der Waals surface area contributed by atoms with Crippen molar-refractivity contribution in [2.24, 2.45) is 0 Å². The molecule has 2 heterocycles. The molecule has 4 nitrogen and oxygen atoms in total. The maximum atomic E-state index is 5.69. The summed E-state index contributed by atoms with van der Waals surface area (Å²) in [6.07, 6.45) is 1.87. The quantitative estimate of drug-likeness (QED) is 0.231. The zero-order valence-corrected chi connectivity index (χ0v) is 22.2. The minimum Gasteiger partial charge on any atom is -0.454 e. The van der Waals surface area contributed by atoms with E-state index in [0.29, 0.717) is 0 Å². The minimum absolute atomic E-state index is 0.244. The highest BCUT2D eigenvalue weighted by molar-refractivity contribution is 5.82. The third kappa shape index (κ3) is 3.61. The third-order valence-electron chi connectivity index (χ3n) is 8.54. The van der Waals surface area contributed by atoms with E-state index in [1.807, 2.05) is 18.2 Å². The number of fused-ring (bicyclic) bond motifs is 7. The second-order valence-electron chi connectivity index (χ2n) is 10.9. The molecule has 1 aliphatic heterocycles. The van der Waals surface area contributed by atoms with Crippen LogP contribution in [-0.4, -0.2) is 16.8 Å². The first-order valence-electron chi connectivity index (χ1n) is 14.0. The van der Waals surface area contributed by atoms with Crippen molar-refractivity contribution < 1.29 is 9.47 Å². The molecule has 0 atom stereocenters. The van der Waals surface area contributed by atoms with Gasteiger partial charge in [0.05, 0.1) is 11.4 Å². The molecule has 0 spiro atoms. The van der Waals surface area contributed by atoms with Crippen LogP contribution in [0.3, 0.4) is 0 Å². The fraction of sp³-hybridized carbons (Fsp3) is 0.0811. The lowest BCUT2D eigenvalue weighted by molar-refractivity contribution is 0.174. The Hall–Kier alpha value is -5.22. The Morgan fingerprint density at radius 2 is 0.976 bits per heavy atom. The van der Waals surface area contributed by atoms with E-state index in [1.54, 1.807) is 0 Å². The van der Waals surface area contributed by atoms with Crippen molar-refractivity contribution in [1.82, 2.24) is 9.97 Å². The maximum Gasteiger partial charge on any atom is 0.231 e. The second kappa shape index (κ2) is 8.64. The van der Waals surface area contributed by atoms with E-state index in [1.165, 1.54) is 44.5 Å². The van der Waals surface area contributed by atoms with Crippen LogP contribution in [-0.2, 0) is 12.8 Å². The van der Waals surface area contributed by atoms with Gasteiger partial charge >= 0.3 is 0 Å². The van der Waals surface area contributed by atoms with Crippen LogP contribution in [0, 0.1) is 0 Å². The van der Waals surface area contributed by atoms with Crippen molar-refractivity contribution in [3.05, 3.63) is 131 Å². The van der Waals surface area contributed by atoms with Gasteiger partial charge in [0.2, 0.25) is 6.79 Å². The lowest BCUT2D eigenvalue weighted by Crippen LogP contribution is -1.97. The van der Waals surface area contributed by atoms with Gasteiger partial charge in [0, 0.05) is 16.7 Å². The second-order valence-corrected chi connectivity index (χ2v) is 10.9. The van der Waals surface area contributed by atoms with Crippen molar-refractivity contribution in [1.29, 1.82) is 0 Å². The largest absolute Gasteiger partial charge is 0.454 e. The van der Waals surface area contributed by atoms with Gasteiger partial charge in [0.25, 0.3) is 0 Å². The van der Waals surface area contributed by atoms with Gasteiger partial charge in [0.15, 0.2) is 17.3 Å². The first-order chi connectivity index (χ1) is 20.3. The lowest BCUT2D eigenvalue weighted by Gasteiger charge is -2.12. The smallest absolute Gasteiger partial charge is 0.231 e. The molecule has 0 unspecified atom stereocenters. The van der Waals surface area contributed by atoms with Gasteiger partial charge in [0.1, 0.15) is 0 Å². The SMILES string of the molecule is c1ccc2c(c1)Cc1cc(-c3cc(-c4ccc5c(c4)OCO5)nc(-c4ccc5c(c4)Cc4ccccc4-5)n3)ccc1-2. The number of rotatable bonds is 3. The first kappa shape index (κ1) is 22.6. The maximum absolute atomic E-state index is 5.69. The highest BCUT2D eigenvalue weighted by atomic mass is 16.7. The van der Waals surface area contributed by atoms with Crippen LogP contribution in [0.5, 0.6) is 11.5 Å². The molecular weight excluding hydrogens is 504 g/mol. The Morgan fingerprint density at radius 3 is 1.68 bits per heavy atom. The molecule has 9 rings (SSSR count). The number of aromatic nitrogens is 2. The highest BCUT2D eigenvalue weighted by Gasteiger charge is 2.22. The van der Waals surface area contributed by atoms with Crippen molar-refractivity contribution in [3.63, 3.8) is 0 Å². The Morgan fingerprint density at radius 1 is 0.439 bits per heavy atom. The summed E-state index contributed by atoms with van der Waals surface area (Å²) in [5.41, 5.74) is 15.5. The predicted octanol–water partition coefficient (Wildman–Crippen LogP) is 8.35. The average molecular weight is 529 g/mol. The lowest BCUT2D eigenvalue weighted by atomic mass is 10.00. The van der Waals surface area contributed by atoms with Gasteiger partial charge < -0.3 is 9.47 Å². The topological polar surface area (TPSA) is 44.2 Å². The molecule has 194 valence electrons. The molecule has 6 aromatic rings. The summed E-state index contributed by atoms with van der Waals surface area (Å²) < 4.78 is 11.2. The van der Waals surface area contributed by atoms with Crippen molar-refractivity contribution in [3.8, 4) is 67.7 Å². The van der Waals surface area contributed by atoms with Gasteiger partial charge in [-0.3, -0.25) is 0 Å². The Labute approximate surface area is 237 Å². The van der Waals surface area contributed by atoms with E-state index in [-0.39, 0.29) is 6.79 Å². The van der Waals surface area contributed by atoms with Crippen LogP contribution in [0.2, 0.25) is 0 Å². The van der Waals surface area contributed by atoms with Gasteiger partial charge in [-0.15, -0.1) is 0 Å². The fourth-order valence-electron chi connectivity index (χ4n) is 6.52. The standard InChI is InChI=1S/C37H24N2O2/c1-3-7-29-22(5-1)15-27-17-24(9-12-31(27)29)33-20-34(25-11-14-35-36(19-25)41-21-40-35)39-37(38-33)26-10-13-32-28(18-26)16-23-6-2-4-8-30(23)32/h1-14,17-20H,15-16,21H2. The van der Waals surface area contributed by atoms with Crippen LogP contribution in [0.1, 0.15) is 22.3 Å². The minimum atomic E-state index is 0.244. The zero-order valence-electron chi connectivity index (χ0n) is 22.2. The number of benzene rings is 5. The molecule has 2 aliphatic carbocycles. The Bertz CT molecular complexity index is 1930. The molecule has 0 radical (unpaired) electrons. The molecule has 3 aliphatic rings. The van der Waals surface area contributed by atoms with E-state index >= 15 is 0 Å². The van der Waals surface area contributed by atoms with Crippen LogP contribution in [0.25, 0.3) is 56.2 Å². The summed E-state index contributed by atoms with van der Waals surface area (Å²) in [5.74, 6) is 2.23. The molecule has 1 aromatic heterocycles. The Balaban J connectivity index is 1.18. The van der Waals surface area contributed by atoms with Crippen molar-refractivity contribution in [2.75, 3.05) is 6.79 Å². The van der Waals surface area contributed by atoms with Gasteiger partial charge in [-0.25, -0.2) is 9.97 Å². The summed E-state index contributed by atoms with van der Waals surface area (Å²) in [4.78, 5) is 10.3. The van der Waals surface area contributed by atoms with E-state index in [0.717, 1.165) is 58.2 Å². The molecular formula is C37H24N2O2. The number of hydrogen-bond acceptors (Lipinski definition) is 4. The molecule has 0 fully saturated rings. The molecule has 41 heavy (non-hydrogen) atoms. The predicted molar refractivity (Wildman–Crippen MR) is 161 cm³/mol. The summed E-state index contributed by atoms with van der Waals surface area (Å²) >= 11 is 0. The fourth-order valence-corrected chi connectivity index (χ4v) is 6.52. The molecule has 0 amide bonds. The molecule has 4 heteroatoms. The van der Waals surface area contributed by atoms with E-state index < -0.39 is 0 Å². The third-order valence-corrected chi connectivity index (χ3v) is 8.54. The average Bonchev–Trinajstić information content (AvgIpc) is 3.74. The van der Waals surface area contributed by atoms with Crippen LogP contribution in [0.4, 0.5) is 0 Å². The van der Waals surface area contributed by atoms with Gasteiger partial charge in [-0.1, -0.05) is 72.8 Å².